The molecule has 6 nitrogen and oxygen atoms in total. The fourth-order valence-electron chi connectivity index (χ4n) is 0.476. The van der Waals surface area contributed by atoms with Crippen LogP contribution in [0.15, 0.2) is 0 Å². The van der Waals surface area contributed by atoms with Crippen LogP contribution >= 0.6 is 11.8 Å². The number of carboxylic acid groups (broad SMARTS) is 1. The molecule has 0 fully saturated rings. The third-order valence-corrected chi connectivity index (χ3v) is 2.41. The van der Waals surface area contributed by atoms with Gasteiger partial charge >= 0.3 is 5.97 Å². The molecule has 0 aliphatic carbocycles. The third kappa shape index (κ3) is 5.45. The summed E-state index contributed by atoms with van der Waals surface area (Å²) in [6.45, 7) is 0. The fraction of sp³-hybridized carbons (Fsp3) is 0.667. The Labute approximate surface area is 79.8 Å². The predicted octanol–water partition coefficient (Wildman–Crippen LogP) is -1.71. The number of carbonyl (C=O) groups excluding carboxylic acids is 1. The van der Waals surface area contributed by atoms with Crippen molar-refractivity contribution < 1.29 is 14.7 Å². The number of hydrogen-bond acceptors (Lipinski definition) is 5. The fourth-order valence-corrected chi connectivity index (χ4v) is 1.43. The molecular weight excluding hydrogens is 194 g/mol. The number of hydrogen-bond donors (Lipinski definition) is 4. The summed E-state index contributed by atoms with van der Waals surface area (Å²) in [6.07, 6.45) is 0.195. The Morgan fingerprint density at radius 1 is 1.38 bits per heavy atom. The van der Waals surface area contributed by atoms with Crippen molar-refractivity contribution in [3.63, 3.8) is 0 Å². The second kappa shape index (κ2) is 5.05. The maximum Gasteiger partial charge on any atom is 0.339 e. The van der Waals surface area contributed by atoms with Crippen LogP contribution in [0.25, 0.3) is 0 Å². The molecular formula is C6H13N3O3S. The molecule has 0 aliphatic heterocycles. The van der Waals surface area contributed by atoms with Gasteiger partial charge in [0.1, 0.15) is 0 Å². The molecule has 0 aromatic rings. The van der Waals surface area contributed by atoms with Gasteiger partial charge in [-0.2, -0.15) is 11.8 Å². The first kappa shape index (κ1) is 12.2. The Bertz CT molecular complexity index is 207. The number of carbonyl (C=O) groups is 2. The van der Waals surface area contributed by atoms with Crippen molar-refractivity contribution in [2.75, 3.05) is 11.5 Å². The lowest BCUT2D eigenvalue weighted by Crippen LogP contribution is -2.58. The van der Waals surface area contributed by atoms with Crippen LogP contribution in [-0.2, 0) is 9.59 Å². The summed E-state index contributed by atoms with van der Waals surface area (Å²) in [7, 11) is 0. The van der Waals surface area contributed by atoms with Crippen LogP contribution in [-0.4, -0.2) is 34.2 Å². The highest BCUT2D eigenvalue weighted by atomic mass is 32.2. The topological polar surface area (TPSA) is 132 Å². The van der Waals surface area contributed by atoms with Gasteiger partial charge in [0, 0.05) is 17.9 Å². The van der Waals surface area contributed by atoms with E-state index in [1.54, 1.807) is 0 Å². The highest BCUT2D eigenvalue weighted by Gasteiger charge is 2.28. The minimum absolute atomic E-state index is 0.0512. The first-order valence-corrected chi connectivity index (χ1v) is 4.69. The van der Waals surface area contributed by atoms with Gasteiger partial charge in [-0.15, -0.1) is 0 Å². The summed E-state index contributed by atoms with van der Waals surface area (Å²) >= 11 is 1.19. The molecule has 0 unspecified atom stereocenters. The van der Waals surface area contributed by atoms with Crippen LogP contribution in [0.2, 0.25) is 0 Å². The number of amides is 1. The van der Waals surface area contributed by atoms with Crippen molar-refractivity contribution in [3.05, 3.63) is 0 Å². The van der Waals surface area contributed by atoms with Crippen LogP contribution in [0, 0.1) is 0 Å². The van der Waals surface area contributed by atoms with Gasteiger partial charge in [-0.25, -0.2) is 4.79 Å². The van der Waals surface area contributed by atoms with Crippen molar-refractivity contribution in [1.29, 1.82) is 0 Å². The molecule has 13 heavy (non-hydrogen) atoms. The molecule has 0 aromatic carbocycles. The molecule has 0 heterocycles. The first-order valence-electron chi connectivity index (χ1n) is 3.53. The molecule has 0 aliphatic rings. The Morgan fingerprint density at radius 3 is 2.31 bits per heavy atom. The van der Waals surface area contributed by atoms with E-state index < -0.39 is 17.5 Å². The van der Waals surface area contributed by atoms with E-state index in [2.05, 4.69) is 0 Å². The Hall–Kier alpha value is -0.790. The molecule has 0 bridgehead atoms. The maximum absolute atomic E-state index is 10.4. The summed E-state index contributed by atoms with van der Waals surface area (Å²) in [6, 6.07) is 0. The number of rotatable bonds is 6. The van der Waals surface area contributed by atoms with Crippen molar-refractivity contribution >= 4 is 23.6 Å². The monoisotopic (exact) mass is 207 g/mol. The van der Waals surface area contributed by atoms with Gasteiger partial charge in [0.25, 0.3) is 0 Å². The van der Waals surface area contributed by atoms with Crippen LogP contribution < -0.4 is 17.2 Å². The predicted molar refractivity (Wildman–Crippen MR) is 49.9 cm³/mol. The molecule has 0 radical (unpaired) electrons. The smallest absolute Gasteiger partial charge is 0.339 e. The SMILES string of the molecule is NC(=O)CCSCC(N)(N)C(=O)O. The van der Waals surface area contributed by atoms with Crippen molar-refractivity contribution in [2.45, 2.75) is 12.1 Å². The van der Waals surface area contributed by atoms with Gasteiger partial charge in [-0.1, -0.05) is 0 Å². The largest absolute Gasteiger partial charge is 0.479 e. The Morgan fingerprint density at radius 2 is 1.92 bits per heavy atom. The van der Waals surface area contributed by atoms with Gasteiger partial charge in [0.2, 0.25) is 5.91 Å². The summed E-state index contributed by atoms with van der Waals surface area (Å²) in [5.41, 5.74) is 13.6. The van der Waals surface area contributed by atoms with Crippen molar-refractivity contribution in [3.8, 4) is 0 Å². The quantitative estimate of drug-likeness (QED) is 0.303. The molecule has 0 rings (SSSR count). The van der Waals surface area contributed by atoms with Crippen LogP contribution in [0.4, 0.5) is 0 Å². The lowest BCUT2D eigenvalue weighted by Gasteiger charge is -2.17. The van der Waals surface area contributed by atoms with E-state index in [0.29, 0.717) is 5.75 Å². The number of thioether (sulfide) groups is 1. The number of aliphatic carboxylic acids is 1. The molecule has 0 saturated heterocycles. The normalized spacial score (nSPS) is 11.2. The zero-order valence-electron chi connectivity index (χ0n) is 7.03. The van der Waals surface area contributed by atoms with E-state index >= 15 is 0 Å². The summed E-state index contributed by atoms with van der Waals surface area (Å²) in [5.74, 6) is -1.21. The molecule has 7 heteroatoms. The van der Waals surface area contributed by atoms with Gasteiger partial charge in [-0.05, 0) is 0 Å². The maximum atomic E-state index is 10.4. The van der Waals surface area contributed by atoms with E-state index in [1.165, 1.54) is 11.8 Å². The van der Waals surface area contributed by atoms with Gasteiger partial charge in [0.05, 0.1) is 0 Å². The van der Waals surface area contributed by atoms with E-state index in [0.717, 1.165) is 0 Å². The summed E-state index contributed by atoms with van der Waals surface area (Å²) in [5, 5.41) is 8.49. The minimum Gasteiger partial charge on any atom is -0.479 e. The molecule has 0 atom stereocenters. The highest BCUT2D eigenvalue weighted by molar-refractivity contribution is 7.99. The third-order valence-electron chi connectivity index (χ3n) is 1.23. The summed E-state index contributed by atoms with van der Waals surface area (Å²) in [4.78, 5) is 20.7. The summed E-state index contributed by atoms with van der Waals surface area (Å²) < 4.78 is 0. The Kier molecular flexibility index (Phi) is 4.74. The second-order valence-electron chi connectivity index (χ2n) is 2.61. The van der Waals surface area contributed by atoms with E-state index in [4.69, 9.17) is 22.3 Å². The van der Waals surface area contributed by atoms with E-state index in [1.807, 2.05) is 0 Å². The standard InChI is InChI=1S/C6H13N3O3S/c7-4(10)1-2-13-3-6(8,9)5(11)12/h1-3,8-9H2,(H2,7,10)(H,11,12). The molecule has 0 spiro atoms. The zero-order chi connectivity index (χ0) is 10.5. The zero-order valence-corrected chi connectivity index (χ0v) is 7.84. The molecule has 7 N–H and O–H groups in total. The second-order valence-corrected chi connectivity index (χ2v) is 3.72. The molecule has 76 valence electrons. The van der Waals surface area contributed by atoms with Crippen LogP contribution in [0.1, 0.15) is 6.42 Å². The average molecular weight is 207 g/mol. The van der Waals surface area contributed by atoms with Gasteiger partial charge in [-0.3, -0.25) is 4.79 Å². The van der Waals surface area contributed by atoms with Crippen molar-refractivity contribution in [2.24, 2.45) is 17.2 Å². The Balaban J connectivity index is 3.64. The number of primary amides is 1. The van der Waals surface area contributed by atoms with E-state index in [-0.39, 0.29) is 12.2 Å². The lowest BCUT2D eigenvalue weighted by molar-refractivity contribution is -0.142. The lowest BCUT2D eigenvalue weighted by atomic mass is 10.2. The molecule has 1 amide bonds. The van der Waals surface area contributed by atoms with Crippen molar-refractivity contribution in [1.82, 2.24) is 0 Å². The minimum atomic E-state index is -1.73. The van der Waals surface area contributed by atoms with Crippen LogP contribution in [0.3, 0.4) is 0 Å². The molecule has 0 saturated carbocycles. The van der Waals surface area contributed by atoms with E-state index in [9.17, 15) is 9.59 Å². The first-order chi connectivity index (χ1) is 5.86. The molecule has 0 aromatic heterocycles. The highest BCUT2D eigenvalue weighted by Crippen LogP contribution is 2.07. The van der Waals surface area contributed by atoms with Gasteiger partial charge < -0.3 is 22.3 Å². The average Bonchev–Trinajstić information content (AvgIpc) is 1.97. The van der Waals surface area contributed by atoms with Gasteiger partial charge in [0.15, 0.2) is 5.66 Å². The van der Waals surface area contributed by atoms with Crippen LogP contribution in [0.5, 0.6) is 0 Å². The number of carboxylic acids is 1. The number of nitrogens with two attached hydrogens (primary N) is 3.